The van der Waals surface area contributed by atoms with Gasteiger partial charge >= 0.3 is 0 Å². The highest BCUT2D eigenvalue weighted by Crippen LogP contribution is 2.52. The number of fused-ring (bicyclic) bond motifs is 2. The van der Waals surface area contributed by atoms with Crippen LogP contribution in [0, 0.1) is 8.99 Å². The maximum atomic E-state index is 13.1. The maximum absolute atomic E-state index is 13.1. The Morgan fingerprint density at radius 3 is 2.77 bits per heavy atom. The molecule has 2 atom stereocenters. The number of halogens is 1. The minimum Gasteiger partial charge on any atom is -0.598 e. The highest BCUT2D eigenvalue weighted by atomic mass is 127. The number of piperidine rings is 1. The van der Waals surface area contributed by atoms with E-state index in [1.54, 1.807) is 12.4 Å². The lowest BCUT2D eigenvalue weighted by Crippen LogP contribution is -2.50. The summed E-state index contributed by atoms with van der Waals surface area (Å²) in [5.41, 5.74) is 2.33. The van der Waals surface area contributed by atoms with E-state index in [1.807, 2.05) is 49.7 Å². The van der Waals surface area contributed by atoms with E-state index < -0.39 is 22.1 Å². The van der Waals surface area contributed by atoms with Gasteiger partial charge in [0.2, 0.25) is 5.95 Å². The first-order chi connectivity index (χ1) is 15.1. The third-order valence-electron chi connectivity index (χ3n) is 6.31. The Hall–Kier alpha value is -1.43. The van der Waals surface area contributed by atoms with Crippen LogP contribution in [0.25, 0.3) is 5.65 Å². The summed E-state index contributed by atoms with van der Waals surface area (Å²) in [6, 6.07) is 2.70. The van der Waals surface area contributed by atoms with Crippen molar-refractivity contribution in [3.63, 3.8) is 0 Å². The van der Waals surface area contributed by atoms with Gasteiger partial charge in [0, 0.05) is 60.3 Å². The molecule has 1 N–H and O–H groups in total. The van der Waals surface area contributed by atoms with Crippen molar-refractivity contribution in [1.29, 1.82) is 0 Å². The maximum Gasteiger partial charge on any atom is 0.211 e. The van der Waals surface area contributed by atoms with Gasteiger partial charge in [-0.05, 0) is 74.3 Å². The number of aromatic nitrogens is 4. The first-order valence-corrected chi connectivity index (χ1v) is 12.7. The van der Waals surface area contributed by atoms with E-state index >= 15 is 0 Å². The largest absolute Gasteiger partial charge is 0.598 e. The van der Waals surface area contributed by atoms with Crippen molar-refractivity contribution >= 4 is 45.5 Å². The van der Waals surface area contributed by atoms with Crippen LogP contribution >= 0.6 is 22.6 Å². The predicted octanol–water partition coefficient (Wildman–Crippen LogP) is 3.66. The van der Waals surface area contributed by atoms with Crippen molar-refractivity contribution in [2.75, 3.05) is 18.0 Å². The van der Waals surface area contributed by atoms with Crippen LogP contribution in [0.15, 0.2) is 36.9 Å². The molecule has 1 spiro atoms. The second kappa shape index (κ2) is 7.86. The first kappa shape index (κ1) is 20.2. The molecule has 0 aromatic carbocycles. The smallest absolute Gasteiger partial charge is 0.211 e. The normalized spacial score (nSPS) is 24.4. The van der Waals surface area contributed by atoms with E-state index in [4.69, 9.17) is 4.98 Å². The van der Waals surface area contributed by atoms with E-state index in [0.717, 1.165) is 58.8 Å². The summed E-state index contributed by atoms with van der Waals surface area (Å²) in [7, 11) is 0. The van der Waals surface area contributed by atoms with E-state index in [2.05, 4.69) is 42.2 Å². The lowest BCUT2D eigenvalue weighted by atomic mass is 9.73. The molecule has 164 valence electrons. The molecule has 0 bridgehead atoms. The van der Waals surface area contributed by atoms with Gasteiger partial charge in [-0.15, -0.1) is 4.72 Å². The molecule has 1 fully saturated rings. The van der Waals surface area contributed by atoms with Gasteiger partial charge < -0.3 is 9.45 Å². The molecule has 0 saturated carbocycles. The highest BCUT2D eigenvalue weighted by molar-refractivity contribution is 14.1. The fourth-order valence-corrected chi connectivity index (χ4v) is 5.94. The molecule has 0 amide bonds. The Balaban J connectivity index is 1.47. The van der Waals surface area contributed by atoms with Gasteiger partial charge in [0.1, 0.15) is 4.75 Å². The number of hydrogen-bond acceptors (Lipinski definition) is 6. The average Bonchev–Trinajstić information content (AvgIpc) is 3.32. The number of imidazole rings is 1. The van der Waals surface area contributed by atoms with Crippen molar-refractivity contribution in [2.45, 2.75) is 50.8 Å². The lowest BCUT2D eigenvalue weighted by Gasteiger charge is -2.44. The van der Waals surface area contributed by atoms with Crippen LogP contribution < -0.4 is 9.62 Å². The van der Waals surface area contributed by atoms with Crippen molar-refractivity contribution in [1.82, 2.24) is 24.1 Å². The Morgan fingerprint density at radius 1 is 1.26 bits per heavy atom. The molecule has 1 aliphatic heterocycles. The van der Waals surface area contributed by atoms with Crippen LogP contribution in [0.4, 0.5) is 5.95 Å². The number of rotatable bonds is 3. The molecule has 3 aromatic rings. The third-order valence-corrected chi connectivity index (χ3v) is 8.58. The number of anilines is 1. The molecule has 1 unspecified atom stereocenters. The Labute approximate surface area is 200 Å². The Kier molecular flexibility index (Phi) is 5.12. The summed E-state index contributed by atoms with van der Waals surface area (Å²) in [6.45, 7) is 7.34. The second-order valence-corrected chi connectivity index (χ2v) is 12.5. The molecule has 31 heavy (non-hydrogen) atoms. The molecular formula is C22H27IN6OS. The molecule has 5 rings (SSSR count). The number of nitrogens with zero attached hydrogens (tertiary/aromatic N) is 5. The molecule has 0 radical (unpaired) electrons. The van der Waals surface area contributed by atoms with E-state index in [-0.39, 0.29) is 5.41 Å². The molecule has 7 nitrogen and oxygen atoms in total. The molecule has 1 saturated heterocycles. The van der Waals surface area contributed by atoms with Gasteiger partial charge in [-0.1, -0.05) is 6.07 Å². The molecule has 9 heteroatoms. The number of hydrogen-bond donors (Lipinski definition) is 1. The second-order valence-electron chi connectivity index (χ2n) is 9.33. The summed E-state index contributed by atoms with van der Waals surface area (Å²) in [4.78, 5) is 16.0. The van der Waals surface area contributed by atoms with Crippen molar-refractivity contribution in [3.8, 4) is 0 Å². The molecule has 4 heterocycles. The highest BCUT2D eigenvalue weighted by Gasteiger charge is 2.51. The summed E-state index contributed by atoms with van der Waals surface area (Å²) in [6.07, 6.45) is 9.68. The van der Waals surface area contributed by atoms with Crippen LogP contribution in [0.1, 0.15) is 52.3 Å². The van der Waals surface area contributed by atoms with Crippen LogP contribution in [0.3, 0.4) is 0 Å². The van der Waals surface area contributed by atoms with Crippen molar-refractivity contribution in [3.05, 3.63) is 51.7 Å². The predicted molar refractivity (Wildman–Crippen MR) is 131 cm³/mol. The Bertz CT molecular complexity index is 1160. The van der Waals surface area contributed by atoms with Gasteiger partial charge in [-0.25, -0.2) is 9.97 Å². The quantitative estimate of drug-likeness (QED) is 0.396. The number of pyridine rings is 1. The standard InChI is InChI=1S/C22H27IN6OS/c1-21(2,3)31(30)27-18-15-5-4-8-24-17(15)13-22(18)6-10-28(11-7-22)20-26-14-16(23)19-25-9-12-29(19)20/h4-5,8-9,12,14,18,27H,6-7,10-11,13H2,1-3H3/t18-,31?/m1/s1/i18D. The van der Waals surface area contributed by atoms with Gasteiger partial charge in [-0.3, -0.25) is 9.38 Å². The van der Waals surface area contributed by atoms with Crippen LogP contribution in [-0.2, 0) is 17.8 Å². The fraction of sp³-hybridized carbons (Fsp3) is 0.500. The van der Waals surface area contributed by atoms with Crippen LogP contribution in [0.2, 0.25) is 0 Å². The van der Waals surface area contributed by atoms with Gasteiger partial charge in [0.15, 0.2) is 5.65 Å². The zero-order valence-electron chi connectivity index (χ0n) is 18.9. The zero-order chi connectivity index (χ0) is 22.7. The van der Waals surface area contributed by atoms with E-state index in [0.29, 0.717) is 0 Å². The van der Waals surface area contributed by atoms with Gasteiger partial charge in [0.25, 0.3) is 0 Å². The molecular weight excluding hydrogens is 523 g/mol. The minimum absolute atomic E-state index is 0.377. The fourth-order valence-electron chi connectivity index (χ4n) is 4.58. The van der Waals surface area contributed by atoms with Gasteiger partial charge in [0.05, 0.1) is 11.0 Å². The molecule has 2 aliphatic rings. The summed E-state index contributed by atoms with van der Waals surface area (Å²) in [5.74, 6) is 0.878. The minimum atomic E-state index is -1.37. The van der Waals surface area contributed by atoms with E-state index in [1.165, 1.54) is 0 Å². The molecule has 1 aliphatic carbocycles. The van der Waals surface area contributed by atoms with Crippen LogP contribution in [0.5, 0.6) is 0 Å². The van der Waals surface area contributed by atoms with Crippen molar-refractivity contribution in [2.24, 2.45) is 5.41 Å². The SMILES string of the molecule is [2H][C@@]1(N[S+]([O-])C(C)(C)C)c2cccnc2CC12CCN(c1ncc(I)c3nccn13)CC2. The monoisotopic (exact) mass is 551 g/mol. The number of nitrogens with one attached hydrogen (secondary N) is 1. The first-order valence-electron chi connectivity index (χ1n) is 11.0. The lowest BCUT2D eigenvalue weighted by molar-refractivity contribution is 0.175. The summed E-state index contributed by atoms with van der Waals surface area (Å²) in [5, 5.41) is 0. The molecule has 3 aromatic heterocycles. The van der Waals surface area contributed by atoms with Crippen LogP contribution in [-0.4, -0.2) is 41.7 Å². The zero-order valence-corrected chi connectivity index (χ0v) is 20.9. The average molecular weight is 551 g/mol. The topological polar surface area (TPSA) is 81.4 Å². The van der Waals surface area contributed by atoms with Gasteiger partial charge in [-0.2, -0.15) is 0 Å². The summed E-state index contributed by atoms with van der Waals surface area (Å²) < 4.78 is 28.6. The Morgan fingerprint density at radius 2 is 2.03 bits per heavy atom. The van der Waals surface area contributed by atoms with Crippen molar-refractivity contribution < 1.29 is 5.92 Å². The van der Waals surface area contributed by atoms with E-state index in [9.17, 15) is 5.92 Å². The third kappa shape index (κ3) is 3.73. The summed E-state index contributed by atoms with van der Waals surface area (Å²) >= 11 is 0.890.